The zero-order valence-corrected chi connectivity index (χ0v) is 34.6. The van der Waals surface area contributed by atoms with Gasteiger partial charge in [0.1, 0.15) is 0 Å². The minimum atomic E-state index is -0.776. The smallest absolute Gasteiger partial charge is 0.185 e. The number of rotatable bonds is 2. The topological polar surface area (TPSA) is 34.1 Å². The quantitative estimate of drug-likeness (QED) is 0.205. The average molecular weight is 737 g/mol. The van der Waals surface area contributed by atoms with Crippen LogP contribution in [0.1, 0.15) is 94.2 Å². The first-order valence-corrected chi connectivity index (χ1v) is 20.9. The summed E-state index contributed by atoms with van der Waals surface area (Å²) < 4.78 is 0. The Kier molecular flexibility index (Phi) is 8.02. The van der Waals surface area contributed by atoms with Crippen molar-refractivity contribution in [2.75, 3.05) is 0 Å². The first-order valence-electron chi connectivity index (χ1n) is 17.5. The Balaban J connectivity index is 1.75. The number of Topliss-reactive ketones (excluding diaryl/α,β-unsaturated/α-hetero) is 2. The van der Waals surface area contributed by atoms with Crippen LogP contribution in [-0.2, 0) is 20.4 Å². The summed E-state index contributed by atoms with van der Waals surface area (Å²) in [5.41, 5.74) is 2.62. The molecule has 0 aromatic carbocycles. The fraction of sp³-hybridized carbons (Fsp3) is 0.409. The number of hydrogen-bond donors (Lipinski definition) is 0. The van der Waals surface area contributed by atoms with Crippen LogP contribution in [0.3, 0.4) is 0 Å². The standard InChI is InChI=1S/C44H48O2S4/c1-39(2,3)27-21-43(22-28(35(27)45)40(4,5)6)25-19-33(31-15-13-17-47-31)49-37(25)38-26(20-34(50-38)32-16-14-18-48-32)44(43)23-29(41(7,8)9)36(46)30(24-44)42(10,11)12/h13-24H,1-12H3. The summed E-state index contributed by atoms with van der Waals surface area (Å²) in [6.07, 6.45) is 9.35. The molecule has 7 rings (SSSR count). The molecule has 3 aliphatic carbocycles. The van der Waals surface area contributed by atoms with Crippen LogP contribution >= 0.6 is 45.3 Å². The molecule has 50 heavy (non-hydrogen) atoms. The van der Waals surface area contributed by atoms with Crippen LogP contribution in [0.4, 0.5) is 0 Å². The third-order valence-corrected chi connectivity index (χ3v) is 15.0. The molecule has 0 bridgehead atoms. The molecular weight excluding hydrogens is 689 g/mol. The van der Waals surface area contributed by atoms with E-state index in [9.17, 15) is 9.59 Å². The van der Waals surface area contributed by atoms with Crippen molar-refractivity contribution >= 4 is 56.9 Å². The van der Waals surface area contributed by atoms with Gasteiger partial charge in [0.2, 0.25) is 0 Å². The van der Waals surface area contributed by atoms with Gasteiger partial charge < -0.3 is 0 Å². The van der Waals surface area contributed by atoms with Crippen molar-refractivity contribution < 1.29 is 9.59 Å². The summed E-state index contributed by atoms with van der Waals surface area (Å²) in [4.78, 5) is 36.9. The molecule has 4 aromatic rings. The molecule has 0 N–H and O–H groups in total. The molecule has 2 nitrogen and oxygen atoms in total. The van der Waals surface area contributed by atoms with Crippen LogP contribution in [0.25, 0.3) is 29.3 Å². The molecule has 0 atom stereocenters. The van der Waals surface area contributed by atoms with E-state index in [1.165, 1.54) is 40.4 Å². The van der Waals surface area contributed by atoms with Crippen molar-refractivity contribution in [3.63, 3.8) is 0 Å². The van der Waals surface area contributed by atoms with Gasteiger partial charge in [-0.3, -0.25) is 9.59 Å². The second-order valence-electron chi connectivity index (χ2n) is 18.3. The summed E-state index contributed by atoms with van der Waals surface area (Å²) >= 11 is 7.26. The second kappa shape index (κ2) is 11.3. The maximum Gasteiger partial charge on any atom is 0.185 e. The van der Waals surface area contributed by atoms with Gasteiger partial charge in [0.05, 0.1) is 10.8 Å². The van der Waals surface area contributed by atoms with Gasteiger partial charge in [0.25, 0.3) is 0 Å². The lowest BCUT2D eigenvalue weighted by atomic mass is 9.47. The Morgan fingerprint density at radius 3 is 1.00 bits per heavy atom. The Morgan fingerprint density at radius 1 is 0.460 bits per heavy atom. The van der Waals surface area contributed by atoms with E-state index in [0.717, 1.165) is 22.3 Å². The third kappa shape index (κ3) is 5.35. The zero-order valence-electron chi connectivity index (χ0n) is 31.4. The van der Waals surface area contributed by atoms with Crippen LogP contribution in [0.5, 0.6) is 0 Å². The van der Waals surface area contributed by atoms with Gasteiger partial charge in [-0.25, -0.2) is 0 Å². The van der Waals surface area contributed by atoms with E-state index < -0.39 is 32.5 Å². The molecule has 4 heterocycles. The average Bonchev–Trinajstić information content (AvgIpc) is 3.80. The number of hydrogen-bond acceptors (Lipinski definition) is 6. The monoisotopic (exact) mass is 736 g/mol. The van der Waals surface area contributed by atoms with Gasteiger partial charge >= 0.3 is 0 Å². The number of thiophene rings is 4. The van der Waals surface area contributed by atoms with Gasteiger partial charge in [-0.15, -0.1) is 45.3 Å². The van der Waals surface area contributed by atoms with Gasteiger partial charge in [-0.1, -0.05) is 120 Å². The molecule has 6 heteroatoms. The SMILES string of the molecule is CC(C)(C)C1=CC2(C=C(C(C)(C)C)C1=O)c1cc(-c3cccs3)sc1-c1sc(-c3cccs3)cc1C21C=C(C(C)(C)C)C(=O)C(C(C)(C)C)=C1. The maximum absolute atomic E-state index is 14.7. The van der Waals surface area contributed by atoms with Crippen LogP contribution in [0.15, 0.2) is 93.8 Å². The lowest BCUT2D eigenvalue weighted by molar-refractivity contribution is -0.115. The first kappa shape index (κ1) is 35.5. The molecule has 0 saturated carbocycles. The number of fused-ring (bicyclic) bond motifs is 6. The van der Waals surface area contributed by atoms with E-state index >= 15 is 0 Å². The summed E-state index contributed by atoms with van der Waals surface area (Å²) in [7, 11) is 0. The van der Waals surface area contributed by atoms with Crippen LogP contribution in [0.2, 0.25) is 0 Å². The molecule has 0 fully saturated rings. The first-order chi connectivity index (χ1) is 23.1. The van der Waals surface area contributed by atoms with E-state index in [1.54, 1.807) is 22.7 Å². The molecule has 0 amide bonds. The minimum Gasteiger partial charge on any atom is -0.289 e. The van der Waals surface area contributed by atoms with E-state index in [-0.39, 0.29) is 11.6 Å². The predicted molar refractivity (Wildman–Crippen MR) is 218 cm³/mol. The number of ketones is 2. The maximum atomic E-state index is 14.7. The van der Waals surface area contributed by atoms with Gasteiger partial charge in [-0.05, 0) is 67.8 Å². The Labute approximate surface area is 314 Å². The Morgan fingerprint density at radius 2 is 0.760 bits per heavy atom. The minimum absolute atomic E-state index is 0.128. The lowest BCUT2D eigenvalue weighted by Crippen LogP contribution is -2.52. The molecule has 0 unspecified atom stereocenters. The summed E-state index contributed by atoms with van der Waals surface area (Å²) in [5.74, 6) is 0.256. The van der Waals surface area contributed by atoms with E-state index in [1.807, 2.05) is 22.7 Å². The Bertz CT molecular complexity index is 1930. The van der Waals surface area contributed by atoms with Crippen molar-refractivity contribution in [2.45, 2.75) is 93.9 Å². The molecular formula is C44H48O2S4. The van der Waals surface area contributed by atoms with Crippen molar-refractivity contribution in [3.8, 4) is 29.3 Å². The molecule has 260 valence electrons. The molecule has 3 aliphatic rings. The van der Waals surface area contributed by atoms with Crippen molar-refractivity contribution in [1.82, 2.24) is 0 Å². The second-order valence-corrected chi connectivity index (χ2v) is 22.3. The largest absolute Gasteiger partial charge is 0.289 e. The fourth-order valence-corrected chi connectivity index (χ4v) is 12.1. The van der Waals surface area contributed by atoms with Crippen molar-refractivity contribution in [1.29, 1.82) is 0 Å². The highest BCUT2D eigenvalue weighted by Gasteiger charge is 2.60. The van der Waals surface area contributed by atoms with Crippen LogP contribution < -0.4 is 0 Å². The van der Waals surface area contributed by atoms with Crippen molar-refractivity contribution in [3.05, 3.63) is 105 Å². The molecule has 0 saturated heterocycles. The fourth-order valence-electron chi connectivity index (χ4n) is 7.82. The van der Waals surface area contributed by atoms with E-state index in [2.05, 4.69) is 155 Å². The molecule has 2 spiro atoms. The predicted octanol–water partition coefficient (Wildman–Crippen LogP) is 13.5. The molecule has 0 radical (unpaired) electrons. The summed E-state index contributed by atoms with van der Waals surface area (Å²) in [6.45, 7) is 26.0. The van der Waals surface area contributed by atoms with E-state index in [4.69, 9.17) is 0 Å². The zero-order chi connectivity index (χ0) is 36.4. The lowest BCUT2D eigenvalue weighted by Gasteiger charge is -2.54. The Hall–Kier alpha value is -2.90. The van der Waals surface area contributed by atoms with Crippen LogP contribution in [-0.4, -0.2) is 11.6 Å². The molecule has 4 aromatic heterocycles. The third-order valence-electron chi connectivity index (χ3n) is 10.5. The highest BCUT2D eigenvalue weighted by Crippen LogP contribution is 2.67. The van der Waals surface area contributed by atoms with Crippen LogP contribution in [0, 0.1) is 21.7 Å². The number of allylic oxidation sites excluding steroid dienone is 8. The summed E-state index contributed by atoms with van der Waals surface area (Å²) in [5, 5.41) is 4.30. The molecule has 0 aliphatic heterocycles. The highest BCUT2D eigenvalue weighted by molar-refractivity contribution is 7.28. The van der Waals surface area contributed by atoms with Gasteiger partial charge in [-0.2, -0.15) is 0 Å². The van der Waals surface area contributed by atoms with E-state index in [0.29, 0.717) is 0 Å². The van der Waals surface area contributed by atoms with Gasteiger partial charge in [0.15, 0.2) is 11.6 Å². The normalized spacial score (nSPS) is 18.9. The van der Waals surface area contributed by atoms with Crippen molar-refractivity contribution in [2.24, 2.45) is 21.7 Å². The number of carbonyl (C=O) groups is 2. The highest BCUT2D eigenvalue weighted by atomic mass is 32.1. The van der Waals surface area contributed by atoms with Gasteiger partial charge in [0, 0.05) is 51.6 Å². The number of carbonyl (C=O) groups excluding carboxylic acids is 2. The summed E-state index contributed by atoms with van der Waals surface area (Å²) in [6, 6.07) is 13.5.